The van der Waals surface area contributed by atoms with Crippen LogP contribution in [-0.4, -0.2) is 39.7 Å². The van der Waals surface area contributed by atoms with Crippen molar-refractivity contribution in [1.29, 1.82) is 0 Å². The summed E-state index contributed by atoms with van der Waals surface area (Å²) in [5.74, 6) is -1.21. The normalized spacial score (nSPS) is 12.2. The van der Waals surface area contributed by atoms with E-state index in [1.165, 1.54) is 25.7 Å². The van der Waals surface area contributed by atoms with Crippen LogP contribution in [0.2, 0.25) is 0 Å². The summed E-state index contributed by atoms with van der Waals surface area (Å²) in [5.41, 5.74) is 0.882. The molecule has 0 bridgehead atoms. The van der Waals surface area contributed by atoms with Gasteiger partial charge in [0.2, 0.25) is 0 Å². The minimum absolute atomic E-state index is 0.0208. The van der Waals surface area contributed by atoms with Gasteiger partial charge in [-0.25, -0.2) is 4.98 Å². The number of aliphatic carboxylic acids is 1. The number of carboxylic acid groups (broad SMARTS) is 1. The average Bonchev–Trinajstić information content (AvgIpc) is 2.66. The summed E-state index contributed by atoms with van der Waals surface area (Å²) in [6.07, 6.45) is 11.2. The van der Waals surface area contributed by atoms with Gasteiger partial charge < -0.3 is 15.5 Å². The molecule has 1 heterocycles. The number of carbonyl (C=O) groups excluding carboxylic acids is 1. The molecule has 1 aromatic rings. The number of hydrogen-bond donors (Lipinski definition) is 3. The van der Waals surface area contributed by atoms with Crippen LogP contribution in [0.4, 0.5) is 0 Å². The van der Waals surface area contributed by atoms with Crippen LogP contribution >= 0.6 is 0 Å². The lowest BCUT2D eigenvalue weighted by Gasteiger charge is -2.06. The molecule has 0 aliphatic rings. The molecule has 1 amide bonds. The van der Waals surface area contributed by atoms with Crippen LogP contribution in [0.5, 0.6) is 0 Å². The predicted molar refractivity (Wildman–Crippen MR) is 106 cm³/mol. The van der Waals surface area contributed by atoms with Crippen LogP contribution in [0.1, 0.15) is 80.9 Å². The van der Waals surface area contributed by atoms with Gasteiger partial charge in [-0.2, -0.15) is 0 Å². The number of amides is 1. The van der Waals surface area contributed by atoms with E-state index in [0.717, 1.165) is 19.3 Å². The molecule has 1 aromatic heterocycles. The van der Waals surface area contributed by atoms with Gasteiger partial charge in [-0.15, -0.1) is 0 Å². The number of pyridine rings is 1. The van der Waals surface area contributed by atoms with Gasteiger partial charge in [-0.05, 0) is 31.1 Å². The number of aliphatic hydroxyl groups is 1. The van der Waals surface area contributed by atoms with Crippen molar-refractivity contribution in [2.24, 2.45) is 0 Å². The van der Waals surface area contributed by atoms with Crippen molar-refractivity contribution in [3.05, 3.63) is 35.7 Å². The Balaban J connectivity index is 2.38. The third-order valence-electron chi connectivity index (χ3n) is 4.20. The lowest BCUT2D eigenvalue weighted by atomic mass is 10.1. The Bertz CT molecular complexity index is 602. The van der Waals surface area contributed by atoms with Gasteiger partial charge >= 0.3 is 5.97 Å². The highest BCUT2D eigenvalue weighted by molar-refractivity contribution is 5.92. The summed E-state index contributed by atoms with van der Waals surface area (Å²) in [5, 5.41) is 21.3. The number of unbranched alkanes of at least 4 members (excludes halogenated alkanes) is 5. The maximum Gasteiger partial charge on any atom is 0.303 e. The molecule has 6 nitrogen and oxygen atoms in total. The average molecular weight is 376 g/mol. The molecule has 27 heavy (non-hydrogen) atoms. The van der Waals surface area contributed by atoms with Crippen molar-refractivity contribution in [1.82, 2.24) is 10.3 Å². The third kappa shape index (κ3) is 11.2. The van der Waals surface area contributed by atoms with Crippen molar-refractivity contribution in [2.45, 2.75) is 70.8 Å². The van der Waals surface area contributed by atoms with E-state index in [4.69, 9.17) is 5.11 Å². The molecule has 1 atom stereocenters. The van der Waals surface area contributed by atoms with Crippen molar-refractivity contribution < 1.29 is 19.8 Å². The predicted octanol–water partition coefficient (Wildman–Crippen LogP) is 3.80. The molecule has 0 radical (unpaired) electrons. The number of aromatic nitrogens is 1. The fourth-order valence-corrected chi connectivity index (χ4v) is 2.64. The monoisotopic (exact) mass is 376 g/mol. The second-order valence-electron chi connectivity index (χ2n) is 6.68. The first-order valence-electron chi connectivity index (χ1n) is 9.86. The molecule has 1 unspecified atom stereocenters. The Morgan fingerprint density at radius 3 is 2.63 bits per heavy atom. The van der Waals surface area contributed by atoms with Crippen molar-refractivity contribution >= 4 is 18.0 Å². The van der Waals surface area contributed by atoms with Crippen LogP contribution in [0.3, 0.4) is 0 Å². The van der Waals surface area contributed by atoms with Gasteiger partial charge in [0.15, 0.2) is 0 Å². The number of aliphatic hydroxyl groups excluding tert-OH is 1. The summed E-state index contributed by atoms with van der Waals surface area (Å²) >= 11 is 0. The van der Waals surface area contributed by atoms with Gasteiger partial charge in [0.1, 0.15) is 5.69 Å². The number of nitrogens with one attached hydrogen (secondary N) is 1. The van der Waals surface area contributed by atoms with E-state index in [2.05, 4.69) is 17.2 Å². The molecular formula is C21H32N2O4. The van der Waals surface area contributed by atoms with Crippen LogP contribution in [0.15, 0.2) is 24.3 Å². The number of carbonyl (C=O) groups is 2. The van der Waals surface area contributed by atoms with Gasteiger partial charge in [-0.3, -0.25) is 9.59 Å². The summed E-state index contributed by atoms with van der Waals surface area (Å²) in [7, 11) is 0. The second-order valence-corrected chi connectivity index (χ2v) is 6.68. The first-order valence-corrected chi connectivity index (χ1v) is 9.86. The van der Waals surface area contributed by atoms with E-state index in [9.17, 15) is 14.7 Å². The van der Waals surface area contributed by atoms with Crippen LogP contribution < -0.4 is 5.32 Å². The van der Waals surface area contributed by atoms with Crippen molar-refractivity contribution in [3.63, 3.8) is 0 Å². The Morgan fingerprint density at radius 1 is 1.15 bits per heavy atom. The smallest absolute Gasteiger partial charge is 0.303 e. The van der Waals surface area contributed by atoms with Gasteiger partial charge in [0.05, 0.1) is 11.8 Å². The van der Waals surface area contributed by atoms with E-state index < -0.39 is 12.1 Å². The Labute approximate surface area is 161 Å². The van der Waals surface area contributed by atoms with E-state index in [0.29, 0.717) is 18.7 Å². The van der Waals surface area contributed by atoms with Gasteiger partial charge in [0.25, 0.3) is 5.91 Å². The summed E-state index contributed by atoms with van der Waals surface area (Å²) in [6, 6.07) is 5.12. The highest BCUT2D eigenvalue weighted by Crippen LogP contribution is 2.10. The highest BCUT2D eigenvalue weighted by Gasteiger charge is 2.07. The molecule has 0 saturated heterocycles. The molecule has 150 valence electrons. The van der Waals surface area contributed by atoms with E-state index in [-0.39, 0.29) is 18.0 Å². The van der Waals surface area contributed by atoms with E-state index in [1.807, 2.05) is 0 Å². The fraction of sp³-hybridized carbons (Fsp3) is 0.571. The zero-order valence-corrected chi connectivity index (χ0v) is 16.2. The van der Waals surface area contributed by atoms with Crippen molar-refractivity contribution in [3.8, 4) is 0 Å². The summed E-state index contributed by atoms with van der Waals surface area (Å²) in [4.78, 5) is 26.8. The summed E-state index contributed by atoms with van der Waals surface area (Å²) in [6.45, 7) is 2.49. The number of rotatable bonds is 14. The highest BCUT2D eigenvalue weighted by atomic mass is 16.4. The first-order chi connectivity index (χ1) is 13.0. The maximum absolute atomic E-state index is 12.0. The zero-order chi connectivity index (χ0) is 19.9. The Kier molecular flexibility index (Phi) is 11.8. The lowest BCUT2D eigenvalue weighted by molar-refractivity contribution is -0.137. The number of nitrogens with zero attached hydrogens (tertiary/aromatic N) is 1. The van der Waals surface area contributed by atoms with Crippen LogP contribution in [0.25, 0.3) is 6.08 Å². The molecule has 0 fully saturated rings. The molecule has 1 rings (SSSR count). The van der Waals surface area contributed by atoms with E-state index >= 15 is 0 Å². The topological polar surface area (TPSA) is 99.5 Å². The van der Waals surface area contributed by atoms with Gasteiger partial charge in [0, 0.05) is 13.0 Å². The minimum atomic E-state index is -0.881. The molecule has 6 heteroatoms. The van der Waals surface area contributed by atoms with Crippen molar-refractivity contribution in [2.75, 3.05) is 6.54 Å². The standard InChI is InChI=1S/C21H32N2O4/c1-2-3-4-5-6-7-11-18(24)15-14-17-10-8-12-19(23-17)21(27)22-16-9-13-20(25)26/h8,10,12,14-15,18,24H,2-7,9,11,13,16H2,1H3,(H,22,27)(H,25,26)/b15-14+. The van der Waals surface area contributed by atoms with Gasteiger partial charge in [-0.1, -0.05) is 57.6 Å². The zero-order valence-electron chi connectivity index (χ0n) is 16.2. The molecular weight excluding hydrogens is 344 g/mol. The first kappa shape index (κ1) is 22.8. The lowest BCUT2D eigenvalue weighted by Crippen LogP contribution is -2.25. The molecule has 0 saturated carbocycles. The Morgan fingerprint density at radius 2 is 1.89 bits per heavy atom. The van der Waals surface area contributed by atoms with E-state index in [1.54, 1.807) is 30.4 Å². The quantitative estimate of drug-likeness (QED) is 0.429. The fourth-order valence-electron chi connectivity index (χ4n) is 2.64. The molecule has 0 spiro atoms. The minimum Gasteiger partial charge on any atom is -0.481 e. The molecule has 0 aliphatic heterocycles. The third-order valence-corrected chi connectivity index (χ3v) is 4.20. The second kappa shape index (κ2) is 13.9. The van der Waals surface area contributed by atoms with Crippen LogP contribution in [-0.2, 0) is 4.79 Å². The molecule has 0 aliphatic carbocycles. The molecule has 0 aromatic carbocycles. The molecule has 3 N–H and O–H groups in total. The largest absolute Gasteiger partial charge is 0.481 e. The maximum atomic E-state index is 12.0. The SMILES string of the molecule is CCCCCCCCC(O)/C=C/c1cccc(C(=O)NCCCC(=O)O)n1. The Hall–Kier alpha value is -2.21. The number of carboxylic acids is 1. The number of hydrogen-bond acceptors (Lipinski definition) is 4. The van der Waals surface area contributed by atoms with Crippen LogP contribution in [0, 0.1) is 0 Å². The summed E-state index contributed by atoms with van der Waals surface area (Å²) < 4.78 is 0.